The van der Waals surface area contributed by atoms with E-state index in [9.17, 15) is 5.11 Å². The van der Waals surface area contributed by atoms with E-state index in [2.05, 4.69) is 10.1 Å². The number of hydrogen-bond donors (Lipinski definition) is 1. The maximum Gasteiger partial charge on any atom is 0.147 e. The smallest absolute Gasteiger partial charge is 0.147 e. The third-order valence-electron chi connectivity index (χ3n) is 3.88. The van der Waals surface area contributed by atoms with Crippen LogP contribution in [0.5, 0.6) is 11.5 Å². The van der Waals surface area contributed by atoms with E-state index in [0.717, 1.165) is 29.3 Å². The number of benzene rings is 1. The van der Waals surface area contributed by atoms with E-state index < -0.39 is 5.60 Å². The topological polar surface area (TPSA) is 69.4 Å². The average Bonchev–Trinajstić information content (AvgIpc) is 2.84. The maximum atomic E-state index is 10.1. The molecule has 1 aromatic heterocycles. The second kappa shape index (κ2) is 5.85. The largest absolute Gasteiger partial charge is 0.497 e. The molecule has 0 fully saturated rings. The molecule has 0 saturated heterocycles. The van der Waals surface area contributed by atoms with Gasteiger partial charge in [-0.3, -0.25) is 0 Å². The van der Waals surface area contributed by atoms with Gasteiger partial charge in [0, 0.05) is 0 Å². The van der Waals surface area contributed by atoms with Crippen molar-refractivity contribution in [2.75, 3.05) is 13.7 Å². The number of rotatable bonds is 4. The number of aliphatic hydroxyl groups is 1. The summed E-state index contributed by atoms with van der Waals surface area (Å²) in [6.07, 6.45) is 0.816. The molecule has 3 rings (SSSR count). The normalized spacial score (nSPS) is 17.5. The highest BCUT2D eigenvalue weighted by molar-refractivity contribution is 5.42. The van der Waals surface area contributed by atoms with Crippen LogP contribution in [0.15, 0.2) is 18.2 Å². The van der Waals surface area contributed by atoms with Crippen molar-refractivity contribution in [3.8, 4) is 11.5 Å². The monoisotopic (exact) mass is 317 g/mol. The highest BCUT2D eigenvalue weighted by atomic mass is 16.5. The van der Waals surface area contributed by atoms with Crippen LogP contribution in [0.4, 0.5) is 0 Å². The van der Waals surface area contributed by atoms with E-state index in [4.69, 9.17) is 9.47 Å². The number of methoxy groups -OCH3 is 1. The Morgan fingerprint density at radius 2 is 2.22 bits per heavy atom. The quantitative estimate of drug-likeness (QED) is 0.935. The first-order valence-corrected chi connectivity index (χ1v) is 7.79. The van der Waals surface area contributed by atoms with Crippen LogP contribution in [0.2, 0.25) is 0 Å². The van der Waals surface area contributed by atoms with Gasteiger partial charge >= 0.3 is 0 Å². The van der Waals surface area contributed by atoms with Crippen LogP contribution >= 0.6 is 0 Å². The molecule has 1 aliphatic rings. The van der Waals surface area contributed by atoms with Gasteiger partial charge in [-0.15, -0.1) is 0 Å². The van der Waals surface area contributed by atoms with Crippen LogP contribution in [-0.2, 0) is 13.0 Å². The molecule has 1 aromatic carbocycles. The zero-order chi connectivity index (χ0) is 16.6. The predicted octanol–water partition coefficient (Wildman–Crippen LogP) is 2.08. The van der Waals surface area contributed by atoms with Gasteiger partial charge in [0.1, 0.15) is 23.1 Å². The summed E-state index contributed by atoms with van der Waals surface area (Å²) in [6, 6.07) is 5.85. The van der Waals surface area contributed by atoms with Crippen molar-refractivity contribution in [1.82, 2.24) is 14.8 Å². The first-order valence-electron chi connectivity index (χ1n) is 7.79. The Bertz CT molecular complexity index is 704. The van der Waals surface area contributed by atoms with Gasteiger partial charge < -0.3 is 14.6 Å². The summed E-state index contributed by atoms with van der Waals surface area (Å²) >= 11 is 0. The number of aromatic nitrogens is 3. The molecule has 0 amide bonds. The second-order valence-corrected chi connectivity index (χ2v) is 6.67. The van der Waals surface area contributed by atoms with Gasteiger partial charge in [-0.25, -0.2) is 9.67 Å². The van der Waals surface area contributed by atoms with E-state index in [1.165, 1.54) is 0 Å². The molecular formula is C17H23N3O3. The minimum atomic E-state index is -0.842. The molecule has 0 aliphatic carbocycles. The highest BCUT2D eigenvalue weighted by Crippen LogP contribution is 2.34. The lowest BCUT2D eigenvalue weighted by Gasteiger charge is -2.26. The SMILES string of the molecule is COc1ccc2c(c1)C[C@H](c1nc(C)nn1CC(C)(C)O)CO2. The van der Waals surface area contributed by atoms with Crippen molar-refractivity contribution in [2.45, 2.75) is 45.3 Å². The van der Waals surface area contributed by atoms with E-state index in [0.29, 0.717) is 19.0 Å². The molecule has 1 aliphatic heterocycles. The van der Waals surface area contributed by atoms with Gasteiger partial charge in [0.2, 0.25) is 0 Å². The number of ether oxygens (including phenoxy) is 2. The number of aryl methyl sites for hydroxylation is 1. The van der Waals surface area contributed by atoms with Crippen molar-refractivity contribution < 1.29 is 14.6 Å². The van der Waals surface area contributed by atoms with Gasteiger partial charge in [-0.2, -0.15) is 5.10 Å². The average molecular weight is 317 g/mol. The zero-order valence-electron chi connectivity index (χ0n) is 14.0. The molecular weight excluding hydrogens is 294 g/mol. The lowest BCUT2D eigenvalue weighted by atomic mass is 9.95. The van der Waals surface area contributed by atoms with Crippen LogP contribution in [0.1, 0.15) is 37.0 Å². The fourth-order valence-electron chi connectivity index (χ4n) is 2.92. The van der Waals surface area contributed by atoms with Crippen LogP contribution in [0, 0.1) is 6.92 Å². The Balaban J connectivity index is 1.88. The van der Waals surface area contributed by atoms with Crippen molar-refractivity contribution >= 4 is 0 Å². The summed E-state index contributed by atoms with van der Waals surface area (Å²) in [5.74, 6) is 3.39. The van der Waals surface area contributed by atoms with Gasteiger partial charge in [0.05, 0.1) is 31.8 Å². The van der Waals surface area contributed by atoms with Crippen molar-refractivity contribution in [2.24, 2.45) is 0 Å². The number of fused-ring (bicyclic) bond motifs is 1. The summed E-state index contributed by atoms with van der Waals surface area (Å²) in [7, 11) is 1.66. The summed E-state index contributed by atoms with van der Waals surface area (Å²) in [5, 5.41) is 14.5. The van der Waals surface area contributed by atoms with Gasteiger partial charge in [0.15, 0.2) is 0 Å². The molecule has 2 heterocycles. The Morgan fingerprint density at radius 3 is 2.91 bits per heavy atom. The molecule has 124 valence electrons. The van der Waals surface area contributed by atoms with Crippen molar-refractivity contribution in [3.63, 3.8) is 0 Å². The third-order valence-corrected chi connectivity index (χ3v) is 3.88. The summed E-state index contributed by atoms with van der Waals surface area (Å²) in [4.78, 5) is 4.56. The lowest BCUT2D eigenvalue weighted by Crippen LogP contribution is -2.30. The molecule has 0 bridgehead atoms. The molecule has 6 nitrogen and oxygen atoms in total. The maximum absolute atomic E-state index is 10.1. The molecule has 2 aromatic rings. The van der Waals surface area contributed by atoms with Gasteiger partial charge in [0.25, 0.3) is 0 Å². The number of nitrogens with zero attached hydrogens (tertiary/aromatic N) is 3. The van der Waals surface area contributed by atoms with Gasteiger partial charge in [-0.05, 0) is 51.0 Å². The van der Waals surface area contributed by atoms with E-state index >= 15 is 0 Å². The molecule has 0 unspecified atom stereocenters. The highest BCUT2D eigenvalue weighted by Gasteiger charge is 2.28. The summed E-state index contributed by atoms with van der Waals surface area (Å²) in [6.45, 7) is 6.37. The number of hydrogen-bond acceptors (Lipinski definition) is 5. The zero-order valence-corrected chi connectivity index (χ0v) is 14.0. The van der Waals surface area contributed by atoms with Gasteiger partial charge in [-0.1, -0.05) is 0 Å². The summed E-state index contributed by atoms with van der Waals surface area (Å²) in [5.41, 5.74) is 0.266. The Hall–Kier alpha value is -2.08. The molecule has 23 heavy (non-hydrogen) atoms. The molecule has 0 spiro atoms. The van der Waals surface area contributed by atoms with E-state index in [1.807, 2.05) is 25.1 Å². The molecule has 1 atom stereocenters. The summed E-state index contributed by atoms with van der Waals surface area (Å²) < 4.78 is 13.0. The standard InChI is InChI=1S/C17H23N3O3/c1-11-18-16(20(19-11)10-17(2,3)21)13-7-12-8-14(22-4)5-6-15(12)23-9-13/h5-6,8,13,21H,7,9-10H2,1-4H3/t13-/m0/s1. The first kappa shape index (κ1) is 15.8. The third kappa shape index (κ3) is 3.47. The first-order chi connectivity index (χ1) is 10.9. The fourth-order valence-corrected chi connectivity index (χ4v) is 2.92. The molecule has 0 saturated carbocycles. The minimum absolute atomic E-state index is 0.109. The second-order valence-electron chi connectivity index (χ2n) is 6.67. The minimum Gasteiger partial charge on any atom is -0.497 e. The van der Waals surface area contributed by atoms with Crippen molar-refractivity contribution in [1.29, 1.82) is 0 Å². The van der Waals surface area contributed by atoms with E-state index in [1.54, 1.807) is 25.6 Å². The van der Waals surface area contributed by atoms with Crippen LogP contribution in [-0.4, -0.2) is 39.2 Å². The lowest BCUT2D eigenvalue weighted by molar-refractivity contribution is 0.0556. The molecule has 1 N–H and O–H groups in total. The van der Waals surface area contributed by atoms with Crippen LogP contribution < -0.4 is 9.47 Å². The van der Waals surface area contributed by atoms with Crippen LogP contribution in [0.25, 0.3) is 0 Å². The Labute approximate surface area is 136 Å². The fraction of sp³-hybridized carbons (Fsp3) is 0.529. The predicted molar refractivity (Wildman–Crippen MR) is 86.0 cm³/mol. The van der Waals surface area contributed by atoms with E-state index in [-0.39, 0.29) is 5.92 Å². The molecule has 6 heteroatoms. The Morgan fingerprint density at radius 1 is 1.43 bits per heavy atom. The Kier molecular flexibility index (Phi) is 4.02. The van der Waals surface area contributed by atoms with Crippen molar-refractivity contribution in [3.05, 3.63) is 35.4 Å². The molecule has 0 radical (unpaired) electrons. The van der Waals surface area contributed by atoms with Crippen LogP contribution in [0.3, 0.4) is 0 Å².